The SMILES string of the molecule is CCCC[Si](O)(CCCC)CCCC. The molecule has 0 unspecified atom stereocenters. The molecule has 0 aromatic carbocycles. The van der Waals surface area contributed by atoms with Gasteiger partial charge in [-0.25, -0.2) is 0 Å². The summed E-state index contributed by atoms with van der Waals surface area (Å²) in [6.07, 6.45) is 7.39. The maximum Gasteiger partial charge on any atom is 0.188 e. The first-order chi connectivity index (χ1) is 6.68. The number of unbranched alkanes of at least 4 members (excludes halogenated alkanes) is 3. The van der Waals surface area contributed by atoms with Crippen molar-refractivity contribution in [3.8, 4) is 0 Å². The van der Waals surface area contributed by atoms with Gasteiger partial charge in [0.2, 0.25) is 0 Å². The fraction of sp³-hybridized carbons (Fsp3) is 1.00. The monoisotopic (exact) mass is 216 g/mol. The molecular formula is C12H28OSi. The molecule has 0 aromatic heterocycles. The van der Waals surface area contributed by atoms with Gasteiger partial charge < -0.3 is 4.80 Å². The molecule has 0 radical (unpaired) electrons. The summed E-state index contributed by atoms with van der Waals surface area (Å²) in [7, 11) is -1.81. The molecule has 0 aromatic rings. The van der Waals surface area contributed by atoms with Crippen LogP contribution in [0.25, 0.3) is 0 Å². The molecule has 86 valence electrons. The first-order valence-electron chi connectivity index (χ1n) is 6.41. The van der Waals surface area contributed by atoms with Crippen LogP contribution in [-0.4, -0.2) is 13.1 Å². The second-order valence-corrected chi connectivity index (χ2v) is 8.48. The van der Waals surface area contributed by atoms with Crippen molar-refractivity contribution in [2.75, 3.05) is 0 Å². The van der Waals surface area contributed by atoms with E-state index < -0.39 is 8.32 Å². The van der Waals surface area contributed by atoms with Gasteiger partial charge in [-0.3, -0.25) is 0 Å². The minimum Gasteiger partial charge on any atom is -0.432 e. The Morgan fingerprint density at radius 2 is 1.00 bits per heavy atom. The predicted molar refractivity (Wildman–Crippen MR) is 67.1 cm³/mol. The van der Waals surface area contributed by atoms with Crippen LogP contribution in [0.3, 0.4) is 0 Å². The lowest BCUT2D eigenvalue weighted by Crippen LogP contribution is -2.33. The van der Waals surface area contributed by atoms with Gasteiger partial charge in [0.25, 0.3) is 0 Å². The van der Waals surface area contributed by atoms with Crippen LogP contribution in [-0.2, 0) is 0 Å². The molecule has 0 amide bonds. The van der Waals surface area contributed by atoms with Gasteiger partial charge in [-0.2, -0.15) is 0 Å². The molecule has 0 saturated carbocycles. The summed E-state index contributed by atoms with van der Waals surface area (Å²) in [5.41, 5.74) is 0. The Labute approximate surface area is 91.1 Å². The van der Waals surface area contributed by atoms with E-state index in [0.717, 1.165) is 18.1 Å². The number of hydrogen-bond donors (Lipinski definition) is 1. The maximum absolute atomic E-state index is 10.5. The molecule has 0 bridgehead atoms. The van der Waals surface area contributed by atoms with Gasteiger partial charge in [-0.1, -0.05) is 59.3 Å². The molecule has 0 aliphatic carbocycles. The Morgan fingerprint density at radius 1 is 0.714 bits per heavy atom. The Bertz CT molecular complexity index is 104. The molecule has 0 aliphatic rings. The van der Waals surface area contributed by atoms with Gasteiger partial charge in [0.05, 0.1) is 0 Å². The predicted octanol–water partition coefficient (Wildman–Crippen LogP) is 4.32. The van der Waals surface area contributed by atoms with E-state index in [1.165, 1.54) is 38.5 Å². The third-order valence-electron chi connectivity index (χ3n) is 2.99. The van der Waals surface area contributed by atoms with Crippen molar-refractivity contribution in [3.63, 3.8) is 0 Å². The Hall–Kier alpha value is 0.177. The molecule has 0 saturated heterocycles. The van der Waals surface area contributed by atoms with Gasteiger partial charge >= 0.3 is 0 Å². The third-order valence-corrected chi connectivity index (χ3v) is 6.84. The van der Waals surface area contributed by atoms with E-state index in [1.54, 1.807) is 0 Å². The zero-order valence-corrected chi connectivity index (χ0v) is 11.3. The fourth-order valence-corrected chi connectivity index (χ4v) is 5.68. The van der Waals surface area contributed by atoms with E-state index in [0.29, 0.717) is 0 Å². The minimum absolute atomic E-state index is 1.14. The van der Waals surface area contributed by atoms with Crippen molar-refractivity contribution in [2.24, 2.45) is 0 Å². The average Bonchev–Trinajstić information content (AvgIpc) is 2.21. The summed E-state index contributed by atoms with van der Waals surface area (Å²) >= 11 is 0. The number of rotatable bonds is 9. The van der Waals surface area contributed by atoms with Gasteiger partial charge in [-0.15, -0.1) is 0 Å². The smallest absolute Gasteiger partial charge is 0.188 e. The first-order valence-corrected chi connectivity index (χ1v) is 8.97. The lowest BCUT2D eigenvalue weighted by Gasteiger charge is -2.24. The third kappa shape index (κ3) is 6.60. The van der Waals surface area contributed by atoms with E-state index in [4.69, 9.17) is 0 Å². The van der Waals surface area contributed by atoms with Crippen LogP contribution >= 0.6 is 0 Å². The maximum atomic E-state index is 10.5. The van der Waals surface area contributed by atoms with E-state index in [2.05, 4.69) is 20.8 Å². The summed E-state index contributed by atoms with van der Waals surface area (Å²) in [6.45, 7) is 6.65. The molecule has 0 aliphatic heterocycles. The highest BCUT2D eigenvalue weighted by molar-refractivity contribution is 6.72. The Morgan fingerprint density at radius 3 is 1.21 bits per heavy atom. The summed E-state index contributed by atoms with van der Waals surface area (Å²) in [4.78, 5) is 10.5. The molecule has 0 heterocycles. The fourth-order valence-electron chi connectivity index (χ4n) is 1.89. The van der Waals surface area contributed by atoms with Crippen LogP contribution in [0.5, 0.6) is 0 Å². The zero-order valence-electron chi connectivity index (χ0n) is 10.3. The van der Waals surface area contributed by atoms with Gasteiger partial charge in [0.15, 0.2) is 8.32 Å². The van der Waals surface area contributed by atoms with Crippen molar-refractivity contribution >= 4 is 8.32 Å². The lowest BCUT2D eigenvalue weighted by atomic mass is 10.4. The van der Waals surface area contributed by atoms with E-state index in [1.807, 2.05) is 0 Å². The van der Waals surface area contributed by atoms with Gasteiger partial charge in [0, 0.05) is 0 Å². The van der Waals surface area contributed by atoms with Crippen molar-refractivity contribution in [3.05, 3.63) is 0 Å². The van der Waals surface area contributed by atoms with Crippen molar-refractivity contribution < 1.29 is 4.80 Å². The van der Waals surface area contributed by atoms with Crippen molar-refractivity contribution in [1.82, 2.24) is 0 Å². The van der Waals surface area contributed by atoms with Crippen LogP contribution in [0.15, 0.2) is 0 Å². The lowest BCUT2D eigenvalue weighted by molar-refractivity contribution is 0.507. The summed E-state index contributed by atoms with van der Waals surface area (Å²) in [5.74, 6) is 0. The highest BCUT2D eigenvalue weighted by Crippen LogP contribution is 2.25. The second kappa shape index (κ2) is 8.48. The molecule has 1 nitrogen and oxygen atoms in total. The molecule has 1 N–H and O–H groups in total. The molecule has 0 rings (SSSR count). The van der Waals surface area contributed by atoms with Crippen molar-refractivity contribution in [1.29, 1.82) is 0 Å². The van der Waals surface area contributed by atoms with Crippen LogP contribution in [0, 0.1) is 0 Å². The molecule has 0 spiro atoms. The highest BCUT2D eigenvalue weighted by atomic mass is 28.4. The van der Waals surface area contributed by atoms with Gasteiger partial charge in [-0.05, 0) is 18.1 Å². The van der Waals surface area contributed by atoms with Crippen LogP contribution < -0.4 is 0 Å². The highest BCUT2D eigenvalue weighted by Gasteiger charge is 2.28. The standard InChI is InChI=1S/C12H28OSi/c1-4-7-10-14(13,11-8-5-2)12-9-6-3/h13H,4-12H2,1-3H3. The number of hydrogen-bond acceptors (Lipinski definition) is 1. The Kier molecular flexibility index (Phi) is 8.59. The van der Waals surface area contributed by atoms with E-state index >= 15 is 0 Å². The summed E-state index contributed by atoms with van der Waals surface area (Å²) < 4.78 is 0. The molecule has 14 heavy (non-hydrogen) atoms. The molecule has 0 atom stereocenters. The zero-order chi connectivity index (χ0) is 10.9. The topological polar surface area (TPSA) is 20.2 Å². The van der Waals surface area contributed by atoms with Crippen LogP contribution in [0.4, 0.5) is 0 Å². The van der Waals surface area contributed by atoms with Crippen LogP contribution in [0.1, 0.15) is 59.3 Å². The average molecular weight is 216 g/mol. The minimum atomic E-state index is -1.81. The van der Waals surface area contributed by atoms with Crippen LogP contribution in [0.2, 0.25) is 18.1 Å². The largest absolute Gasteiger partial charge is 0.432 e. The molecular weight excluding hydrogens is 188 g/mol. The molecule has 2 heteroatoms. The molecule has 0 fully saturated rings. The summed E-state index contributed by atoms with van der Waals surface area (Å²) in [6, 6.07) is 3.43. The van der Waals surface area contributed by atoms with Crippen molar-refractivity contribution in [2.45, 2.75) is 77.4 Å². The second-order valence-electron chi connectivity index (χ2n) is 4.54. The van der Waals surface area contributed by atoms with Gasteiger partial charge in [0.1, 0.15) is 0 Å². The first kappa shape index (κ1) is 14.2. The summed E-state index contributed by atoms with van der Waals surface area (Å²) in [5, 5.41) is 0. The normalized spacial score (nSPS) is 12.0. The quantitative estimate of drug-likeness (QED) is 0.569. The van der Waals surface area contributed by atoms with E-state index in [9.17, 15) is 4.80 Å². The Balaban J connectivity index is 3.89. The van der Waals surface area contributed by atoms with E-state index in [-0.39, 0.29) is 0 Å².